The molecular weight excluding hydrogens is 258 g/mol. The molecule has 1 aliphatic carbocycles. The van der Waals surface area contributed by atoms with Crippen LogP contribution in [0.15, 0.2) is 0 Å². The molecule has 0 aromatic rings. The van der Waals surface area contributed by atoms with Crippen LogP contribution in [0.3, 0.4) is 0 Å². The highest BCUT2D eigenvalue weighted by atomic mass is 15.2. The second-order valence-electron chi connectivity index (χ2n) is 7.27. The first-order valence-corrected chi connectivity index (χ1v) is 9.02. The van der Waals surface area contributed by atoms with Crippen molar-refractivity contribution < 1.29 is 0 Å². The fraction of sp³-hybridized carbons (Fsp3) is 0.944. The summed E-state index contributed by atoms with van der Waals surface area (Å²) in [7, 11) is 0. The summed E-state index contributed by atoms with van der Waals surface area (Å²) in [5.74, 6) is 0.582. The predicted octanol–water partition coefficient (Wildman–Crippen LogP) is 3.56. The Labute approximate surface area is 131 Å². The number of nitriles is 1. The van der Waals surface area contributed by atoms with Gasteiger partial charge >= 0.3 is 0 Å². The van der Waals surface area contributed by atoms with E-state index in [1.54, 1.807) is 0 Å². The molecule has 21 heavy (non-hydrogen) atoms. The van der Waals surface area contributed by atoms with Crippen LogP contribution in [-0.2, 0) is 0 Å². The fourth-order valence-corrected chi connectivity index (χ4v) is 3.91. The minimum absolute atomic E-state index is 0.283. The van der Waals surface area contributed by atoms with Crippen LogP contribution in [0.1, 0.15) is 65.7 Å². The van der Waals surface area contributed by atoms with E-state index in [0.717, 1.165) is 19.5 Å². The third kappa shape index (κ3) is 3.79. The topological polar surface area (TPSA) is 39.1 Å². The molecule has 1 heterocycles. The second kappa shape index (κ2) is 7.11. The lowest BCUT2D eigenvalue weighted by Crippen LogP contribution is -2.56. The van der Waals surface area contributed by atoms with Crippen molar-refractivity contribution in [2.45, 2.75) is 71.3 Å². The summed E-state index contributed by atoms with van der Waals surface area (Å²) >= 11 is 0. The fourth-order valence-electron chi connectivity index (χ4n) is 3.91. The number of hydrogen-bond donors (Lipinski definition) is 1. The maximum Gasteiger partial charge on any atom is 0.122 e. The average Bonchev–Trinajstić information content (AvgIpc) is 3.38. The van der Waals surface area contributed by atoms with E-state index in [1.807, 2.05) is 0 Å². The van der Waals surface area contributed by atoms with Gasteiger partial charge in [0.05, 0.1) is 6.07 Å². The quantitative estimate of drug-likeness (QED) is 0.743. The van der Waals surface area contributed by atoms with Crippen molar-refractivity contribution in [3.63, 3.8) is 0 Å². The molecule has 0 radical (unpaired) electrons. The van der Waals surface area contributed by atoms with E-state index in [0.29, 0.717) is 11.3 Å². The van der Waals surface area contributed by atoms with Crippen molar-refractivity contribution in [3.05, 3.63) is 0 Å². The maximum absolute atomic E-state index is 9.80. The van der Waals surface area contributed by atoms with Gasteiger partial charge in [0, 0.05) is 6.54 Å². The predicted molar refractivity (Wildman–Crippen MR) is 88.1 cm³/mol. The van der Waals surface area contributed by atoms with Gasteiger partial charge in [-0.15, -0.1) is 0 Å². The Bertz CT molecular complexity index is 355. The summed E-state index contributed by atoms with van der Waals surface area (Å²) in [5.41, 5.74) is 0.288. The van der Waals surface area contributed by atoms with E-state index in [4.69, 9.17) is 0 Å². The van der Waals surface area contributed by atoms with Crippen molar-refractivity contribution in [1.82, 2.24) is 10.2 Å². The van der Waals surface area contributed by atoms with Gasteiger partial charge in [0.15, 0.2) is 0 Å². The number of hydrogen-bond acceptors (Lipinski definition) is 3. The molecule has 0 aromatic heterocycles. The second-order valence-corrected chi connectivity index (χ2v) is 7.27. The normalized spacial score (nSPS) is 25.2. The Balaban J connectivity index is 1.94. The molecule has 2 aliphatic rings. The Hall–Kier alpha value is -0.590. The Morgan fingerprint density at radius 1 is 1.19 bits per heavy atom. The highest BCUT2D eigenvalue weighted by Crippen LogP contribution is 2.42. The van der Waals surface area contributed by atoms with Crippen LogP contribution in [0, 0.1) is 22.7 Å². The maximum atomic E-state index is 9.80. The minimum atomic E-state index is -0.283. The van der Waals surface area contributed by atoms with Crippen molar-refractivity contribution >= 4 is 0 Å². The standard InChI is InChI=1S/C18H33N3/c1-4-11-20-18(14-19,16-7-8-16)15-21-12-9-17(5-2,6-3)10-13-21/h16,20H,4-13,15H2,1-3H3. The molecule has 1 atom stereocenters. The molecule has 0 aromatic carbocycles. The largest absolute Gasteiger partial charge is 0.300 e. The number of nitrogens with zero attached hydrogens (tertiary/aromatic N) is 2. The van der Waals surface area contributed by atoms with Gasteiger partial charge in [0.25, 0.3) is 0 Å². The van der Waals surface area contributed by atoms with E-state index >= 15 is 0 Å². The highest BCUT2D eigenvalue weighted by Gasteiger charge is 2.47. The molecule has 1 unspecified atom stereocenters. The molecule has 3 heteroatoms. The molecule has 3 nitrogen and oxygen atoms in total. The molecule has 0 amide bonds. The zero-order chi connectivity index (χ0) is 15.3. The van der Waals surface area contributed by atoms with Crippen molar-refractivity contribution in [2.24, 2.45) is 11.3 Å². The molecule has 1 N–H and O–H groups in total. The summed E-state index contributed by atoms with van der Waals surface area (Å²) < 4.78 is 0. The summed E-state index contributed by atoms with van der Waals surface area (Å²) in [6.45, 7) is 11.1. The van der Waals surface area contributed by atoms with Gasteiger partial charge in [0.2, 0.25) is 0 Å². The third-order valence-corrected chi connectivity index (χ3v) is 6.05. The van der Waals surface area contributed by atoms with Gasteiger partial charge in [-0.1, -0.05) is 33.6 Å². The van der Waals surface area contributed by atoms with Crippen LogP contribution in [0.5, 0.6) is 0 Å². The number of nitrogens with one attached hydrogen (secondary N) is 1. The Morgan fingerprint density at radius 3 is 2.24 bits per heavy atom. The van der Waals surface area contributed by atoms with E-state index in [2.05, 4.69) is 37.1 Å². The average molecular weight is 291 g/mol. The molecule has 0 bridgehead atoms. The van der Waals surface area contributed by atoms with Crippen LogP contribution in [0.4, 0.5) is 0 Å². The van der Waals surface area contributed by atoms with E-state index < -0.39 is 0 Å². The van der Waals surface area contributed by atoms with Gasteiger partial charge in [-0.25, -0.2) is 0 Å². The van der Waals surface area contributed by atoms with E-state index in [9.17, 15) is 5.26 Å². The van der Waals surface area contributed by atoms with Gasteiger partial charge in [-0.3, -0.25) is 5.32 Å². The van der Waals surface area contributed by atoms with E-state index in [-0.39, 0.29) is 5.54 Å². The zero-order valence-electron chi connectivity index (χ0n) is 14.2. The summed E-state index contributed by atoms with van der Waals surface area (Å²) in [4.78, 5) is 2.55. The first kappa shape index (κ1) is 16.8. The van der Waals surface area contributed by atoms with Crippen LogP contribution in [0.25, 0.3) is 0 Å². The Kier molecular flexibility index (Phi) is 5.68. The minimum Gasteiger partial charge on any atom is -0.300 e. The lowest BCUT2D eigenvalue weighted by Gasteiger charge is -2.43. The van der Waals surface area contributed by atoms with Gasteiger partial charge < -0.3 is 4.90 Å². The monoisotopic (exact) mass is 291 g/mol. The molecule has 120 valence electrons. The number of likely N-dealkylation sites (tertiary alicyclic amines) is 1. The van der Waals surface area contributed by atoms with Gasteiger partial charge in [-0.2, -0.15) is 5.26 Å². The zero-order valence-corrected chi connectivity index (χ0v) is 14.2. The molecule has 2 rings (SSSR count). The molecule has 0 spiro atoms. The third-order valence-electron chi connectivity index (χ3n) is 6.05. The van der Waals surface area contributed by atoms with Crippen LogP contribution in [0.2, 0.25) is 0 Å². The first-order chi connectivity index (χ1) is 10.1. The SMILES string of the molecule is CCCNC(C#N)(CN1CCC(CC)(CC)CC1)C1CC1. The van der Waals surface area contributed by atoms with Crippen LogP contribution in [-0.4, -0.2) is 36.6 Å². The lowest BCUT2D eigenvalue weighted by atomic mass is 9.74. The highest BCUT2D eigenvalue weighted by molar-refractivity contribution is 5.17. The lowest BCUT2D eigenvalue weighted by molar-refractivity contribution is 0.0772. The first-order valence-electron chi connectivity index (χ1n) is 9.02. The van der Waals surface area contributed by atoms with Gasteiger partial charge in [0.1, 0.15) is 5.54 Å². The van der Waals surface area contributed by atoms with Crippen LogP contribution < -0.4 is 5.32 Å². The van der Waals surface area contributed by atoms with Crippen molar-refractivity contribution in [1.29, 1.82) is 5.26 Å². The van der Waals surface area contributed by atoms with Gasteiger partial charge in [-0.05, 0) is 63.1 Å². The molecule has 2 fully saturated rings. The number of piperidine rings is 1. The van der Waals surface area contributed by atoms with Crippen molar-refractivity contribution in [2.75, 3.05) is 26.2 Å². The molecule has 1 aliphatic heterocycles. The smallest absolute Gasteiger partial charge is 0.122 e. The van der Waals surface area contributed by atoms with Crippen LogP contribution >= 0.6 is 0 Å². The molecular formula is C18H33N3. The van der Waals surface area contributed by atoms with Crippen molar-refractivity contribution in [3.8, 4) is 6.07 Å². The molecule has 1 saturated carbocycles. The summed E-state index contributed by atoms with van der Waals surface area (Å²) in [6, 6.07) is 2.66. The molecule has 1 saturated heterocycles. The Morgan fingerprint density at radius 2 is 1.81 bits per heavy atom. The number of rotatable bonds is 8. The van der Waals surface area contributed by atoms with E-state index in [1.165, 1.54) is 51.6 Å². The summed E-state index contributed by atoms with van der Waals surface area (Å²) in [5, 5.41) is 13.4. The summed E-state index contributed by atoms with van der Waals surface area (Å²) in [6.07, 6.45) is 8.78.